The van der Waals surface area contributed by atoms with Crippen LogP contribution >= 0.6 is 0 Å². The van der Waals surface area contributed by atoms with Crippen molar-refractivity contribution in [1.29, 1.82) is 0 Å². The van der Waals surface area contributed by atoms with Crippen molar-refractivity contribution in [3.05, 3.63) is 60.7 Å². The van der Waals surface area contributed by atoms with Crippen molar-refractivity contribution < 1.29 is 0 Å². The number of benzene rings is 2. The zero-order valence-electron chi connectivity index (χ0n) is 9.27. The second kappa shape index (κ2) is 3.96. The first-order valence-corrected chi connectivity index (χ1v) is 5.50. The quantitative estimate of drug-likeness (QED) is 0.696. The highest BCUT2D eigenvalue weighted by Crippen LogP contribution is 2.32. The third-order valence-electron chi connectivity index (χ3n) is 2.90. The number of para-hydroxylation sites is 2. The van der Waals surface area contributed by atoms with Crippen molar-refractivity contribution in [1.82, 2.24) is 4.48 Å². The first kappa shape index (κ1) is 9.93. The minimum atomic E-state index is 0.446. The van der Waals surface area contributed by atoms with E-state index >= 15 is 0 Å². The lowest BCUT2D eigenvalue weighted by Gasteiger charge is -2.24. The van der Waals surface area contributed by atoms with E-state index in [1.165, 1.54) is 0 Å². The molecule has 0 unspecified atom stereocenters. The van der Waals surface area contributed by atoms with Crippen LogP contribution in [0, 0.1) is 0 Å². The Balaban J connectivity index is 2.19. The normalized spacial score (nSPS) is 16.2. The van der Waals surface area contributed by atoms with Gasteiger partial charge in [0, 0.05) is 24.3 Å². The van der Waals surface area contributed by atoms with Crippen LogP contribution < -0.4 is 4.48 Å². The van der Waals surface area contributed by atoms with Gasteiger partial charge in [0.25, 0.3) is 0 Å². The summed E-state index contributed by atoms with van der Waals surface area (Å²) in [4.78, 5) is 0. The molecule has 82 valence electrons. The summed E-state index contributed by atoms with van der Waals surface area (Å²) < 4.78 is 0.446. The second-order valence-corrected chi connectivity index (χ2v) is 3.91. The van der Waals surface area contributed by atoms with E-state index in [9.17, 15) is 0 Å². The third-order valence-corrected chi connectivity index (χ3v) is 2.90. The van der Waals surface area contributed by atoms with Gasteiger partial charge in [-0.05, 0) is 0 Å². The monoisotopic (exact) mass is 222 g/mol. The molecule has 2 aromatic rings. The van der Waals surface area contributed by atoms with Gasteiger partial charge in [-0.3, -0.25) is 0 Å². The summed E-state index contributed by atoms with van der Waals surface area (Å²) in [5.41, 5.74) is 2.26. The van der Waals surface area contributed by atoms with Crippen molar-refractivity contribution in [3.8, 4) is 0 Å². The molecule has 0 saturated carbocycles. The van der Waals surface area contributed by atoms with Gasteiger partial charge in [0.05, 0.1) is 0 Å². The Bertz CT molecular complexity index is 505. The molecule has 1 aliphatic heterocycles. The van der Waals surface area contributed by atoms with Crippen LogP contribution in [0.1, 0.15) is 0 Å². The largest absolute Gasteiger partial charge is 0.226 e. The number of hydrogen-bond donors (Lipinski definition) is 0. The van der Waals surface area contributed by atoms with E-state index in [4.69, 9.17) is 0 Å². The minimum Gasteiger partial charge on any atom is -0.172 e. The van der Waals surface area contributed by atoms with Crippen LogP contribution in [0.5, 0.6) is 0 Å². The Morgan fingerprint density at radius 1 is 0.588 bits per heavy atom. The molecular weight excluding hydrogens is 210 g/mol. The molecule has 0 N–H and O–H groups in total. The van der Waals surface area contributed by atoms with Crippen LogP contribution in [-0.4, -0.2) is 12.7 Å². The fourth-order valence-electron chi connectivity index (χ4n) is 2.02. The summed E-state index contributed by atoms with van der Waals surface area (Å²) in [5, 5.41) is 8.01. The predicted octanol–water partition coefficient (Wildman–Crippen LogP) is 3.31. The maximum Gasteiger partial charge on any atom is 0.226 e. The van der Waals surface area contributed by atoms with E-state index in [-0.39, 0.29) is 0 Å². The van der Waals surface area contributed by atoms with Crippen molar-refractivity contribution in [2.24, 2.45) is 10.2 Å². The van der Waals surface area contributed by atoms with Crippen LogP contribution in [0.2, 0.25) is 0 Å². The molecule has 0 amide bonds. The topological polar surface area (TPSA) is 24.7 Å². The molecule has 0 aliphatic carbocycles. The van der Waals surface area contributed by atoms with Gasteiger partial charge < -0.3 is 0 Å². The van der Waals surface area contributed by atoms with Crippen LogP contribution in [0.25, 0.3) is 0 Å². The molecule has 3 heteroatoms. The summed E-state index contributed by atoms with van der Waals surface area (Å²) in [6.45, 7) is 0. The number of nitrogens with zero attached hydrogens (tertiary/aromatic N) is 3. The maximum absolute atomic E-state index is 4.01. The highest BCUT2D eigenvalue weighted by atomic mass is 15.5. The van der Waals surface area contributed by atoms with E-state index in [1.807, 2.05) is 49.1 Å². The van der Waals surface area contributed by atoms with Crippen molar-refractivity contribution in [2.75, 3.05) is 0 Å². The molecule has 17 heavy (non-hydrogen) atoms. The van der Waals surface area contributed by atoms with E-state index in [0.717, 1.165) is 11.4 Å². The summed E-state index contributed by atoms with van der Waals surface area (Å²) >= 11 is 0. The lowest BCUT2D eigenvalue weighted by molar-refractivity contribution is 0.858. The van der Waals surface area contributed by atoms with Gasteiger partial charge in [0.1, 0.15) is 11.4 Å². The Morgan fingerprint density at radius 2 is 1.00 bits per heavy atom. The average Bonchev–Trinajstić information content (AvgIpc) is 2.91. The molecule has 0 spiro atoms. The Hall–Kier alpha value is -2.26. The molecule has 2 aromatic carbocycles. The average molecular weight is 222 g/mol. The van der Waals surface area contributed by atoms with E-state index in [1.54, 1.807) is 0 Å². The predicted molar refractivity (Wildman–Crippen MR) is 71.3 cm³/mol. The molecule has 1 aliphatic rings. The summed E-state index contributed by atoms with van der Waals surface area (Å²) in [7, 11) is 0. The molecule has 3 rings (SSSR count). The molecule has 0 bridgehead atoms. The smallest absolute Gasteiger partial charge is 0.172 e. The third kappa shape index (κ3) is 1.57. The van der Waals surface area contributed by atoms with Crippen LogP contribution in [-0.2, 0) is 0 Å². The fourth-order valence-corrected chi connectivity index (χ4v) is 2.02. The van der Waals surface area contributed by atoms with Crippen molar-refractivity contribution in [3.63, 3.8) is 0 Å². The SMILES string of the molecule is C1=NN=C[N+]1(c1ccccc1)c1ccccc1. The van der Waals surface area contributed by atoms with Crippen molar-refractivity contribution >= 4 is 24.1 Å². The second-order valence-electron chi connectivity index (χ2n) is 3.91. The van der Waals surface area contributed by atoms with Gasteiger partial charge in [-0.1, -0.05) is 46.6 Å². The molecule has 0 aromatic heterocycles. The van der Waals surface area contributed by atoms with E-state index in [2.05, 4.69) is 34.5 Å². The summed E-state index contributed by atoms with van der Waals surface area (Å²) in [6, 6.07) is 20.4. The van der Waals surface area contributed by atoms with Crippen LogP contribution in [0.3, 0.4) is 0 Å². The highest BCUT2D eigenvalue weighted by molar-refractivity contribution is 6.02. The molecular formula is C14H12N3+. The molecule has 0 radical (unpaired) electrons. The molecule has 0 saturated heterocycles. The Kier molecular flexibility index (Phi) is 2.31. The first-order chi connectivity index (χ1) is 8.42. The van der Waals surface area contributed by atoms with Gasteiger partial charge in [0.15, 0.2) is 0 Å². The zero-order chi connectivity index (χ0) is 11.6. The van der Waals surface area contributed by atoms with Gasteiger partial charge in [-0.15, -0.1) is 0 Å². The van der Waals surface area contributed by atoms with Gasteiger partial charge in [0.2, 0.25) is 12.7 Å². The highest BCUT2D eigenvalue weighted by Gasteiger charge is 2.33. The van der Waals surface area contributed by atoms with Crippen LogP contribution in [0.15, 0.2) is 70.9 Å². The van der Waals surface area contributed by atoms with E-state index in [0.29, 0.717) is 4.48 Å². The molecule has 0 atom stereocenters. The molecule has 1 heterocycles. The fraction of sp³-hybridized carbons (Fsp3) is 0. The number of rotatable bonds is 2. The lowest BCUT2D eigenvalue weighted by Crippen LogP contribution is -2.39. The standard InChI is InChI=1S/C14H12N3/c1-3-7-13(8-4-1)17(11-15-16-12-17)14-9-5-2-6-10-14/h1-12H/q+1. The van der Waals surface area contributed by atoms with Gasteiger partial charge in [-0.25, -0.2) is 0 Å². The summed E-state index contributed by atoms with van der Waals surface area (Å²) in [5.74, 6) is 0. The van der Waals surface area contributed by atoms with Crippen LogP contribution in [0.4, 0.5) is 11.4 Å². The number of quaternary nitrogens is 1. The van der Waals surface area contributed by atoms with Gasteiger partial charge in [-0.2, -0.15) is 4.48 Å². The lowest BCUT2D eigenvalue weighted by atomic mass is 10.2. The first-order valence-electron chi connectivity index (χ1n) is 5.50. The summed E-state index contributed by atoms with van der Waals surface area (Å²) in [6.07, 6.45) is 3.68. The minimum absolute atomic E-state index is 0.446. The molecule has 3 nitrogen and oxygen atoms in total. The van der Waals surface area contributed by atoms with E-state index < -0.39 is 0 Å². The Labute approximate surface area is 99.9 Å². The number of hydrogen-bond acceptors (Lipinski definition) is 2. The van der Waals surface area contributed by atoms with Crippen molar-refractivity contribution in [2.45, 2.75) is 0 Å². The van der Waals surface area contributed by atoms with Gasteiger partial charge >= 0.3 is 0 Å². The Morgan fingerprint density at radius 3 is 1.41 bits per heavy atom. The zero-order valence-corrected chi connectivity index (χ0v) is 9.27. The maximum atomic E-state index is 4.01. The molecule has 0 fully saturated rings.